The zero-order valence-corrected chi connectivity index (χ0v) is 25.4. The van der Waals surface area contributed by atoms with E-state index in [9.17, 15) is 0 Å². The van der Waals surface area contributed by atoms with Gasteiger partial charge in [0.15, 0.2) is 0 Å². The Labute approximate surface area is 259 Å². The molecule has 44 heavy (non-hydrogen) atoms. The normalized spacial score (nSPS) is 12.3. The standard InChI is InChI=1S/C42H34N2/c1-42(2,3)32-24-25-34-35(26-32)44-27-33-36(28-16-8-4-9-17-28)37(29-18-10-5-11-19-29)38(30-20-12-6-13-21-30)39(40(33)41(44)43-34)31-22-14-7-15-23-31/h4-26H,27H2,1-3H3. The Hall–Kier alpha value is -5.21. The molecule has 0 radical (unpaired) electrons. The zero-order chi connectivity index (χ0) is 29.8. The predicted molar refractivity (Wildman–Crippen MR) is 185 cm³/mol. The Balaban J connectivity index is 1.58. The maximum absolute atomic E-state index is 5.38. The van der Waals surface area contributed by atoms with Gasteiger partial charge in [-0.25, -0.2) is 4.98 Å². The van der Waals surface area contributed by atoms with Crippen molar-refractivity contribution in [2.45, 2.75) is 32.7 Å². The molecule has 6 aromatic carbocycles. The van der Waals surface area contributed by atoms with Crippen LogP contribution in [0.3, 0.4) is 0 Å². The molecule has 0 saturated carbocycles. The van der Waals surface area contributed by atoms with Gasteiger partial charge >= 0.3 is 0 Å². The lowest BCUT2D eigenvalue weighted by molar-refractivity contribution is 0.590. The monoisotopic (exact) mass is 566 g/mol. The Morgan fingerprint density at radius 3 is 1.41 bits per heavy atom. The third-order valence-electron chi connectivity index (χ3n) is 9.01. The molecule has 1 aromatic heterocycles. The number of imidazole rings is 1. The van der Waals surface area contributed by atoms with E-state index < -0.39 is 0 Å². The van der Waals surface area contributed by atoms with Gasteiger partial charge in [-0.2, -0.15) is 0 Å². The molecule has 0 fully saturated rings. The topological polar surface area (TPSA) is 17.8 Å². The molecule has 0 atom stereocenters. The van der Waals surface area contributed by atoms with Crippen molar-refractivity contribution in [3.05, 3.63) is 151 Å². The quantitative estimate of drug-likeness (QED) is 0.207. The lowest BCUT2D eigenvalue weighted by atomic mass is 9.77. The fraction of sp³-hybridized carbons (Fsp3) is 0.119. The van der Waals surface area contributed by atoms with Crippen LogP contribution in [-0.2, 0) is 12.0 Å². The number of rotatable bonds is 4. The number of benzene rings is 6. The summed E-state index contributed by atoms with van der Waals surface area (Å²) >= 11 is 0. The van der Waals surface area contributed by atoms with Crippen LogP contribution in [0.4, 0.5) is 0 Å². The van der Waals surface area contributed by atoms with Crippen molar-refractivity contribution in [3.63, 3.8) is 0 Å². The maximum atomic E-state index is 5.38. The van der Waals surface area contributed by atoms with Gasteiger partial charge in [0.25, 0.3) is 0 Å². The van der Waals surface area contributed by atoms with E-state index in [-0.39, 0.29) is 5.41 Å². The largest absolute Gasteiger partial charge is 0.319 e. The van der Waals surface area contributed by atoms with Crippen molar-refractivity contribution in [3.8, 4) is 55.9 Å². The Morgan fingerprint density at radius 2 is 0.932 bits per heavy atom. The smallest absolute Gasteiger partial charge is 0.142 e. The minimum atomic E-state index is 0.0513. The van der Waals surface area contributed by atoms with Gasteiger partial charge in [0.2, 0.25) is 0 Å². The van der Waals surface area contributed by atoms with Gasteiger partial charge in [-0.05, 0) is 67.6 Å². The molecule has 8 rings (SSSR count). The fourth-order valence-electron chi connectivity index (χ4n) is 6.91. The van der Waals surface area contributed by atoms with Crippen LogP contribution in [0.2, 0.25) is 0 Å². The van der Waals surface area contributed by atoms with Gasteiger partial charge in [-0.3, -0.25) is 0 Å². The van der Waals surface area contributed by atoms with Crippen LogP contribution >= 0.6 is 0 Å². The minimum Gasteiger partial charge on any atom is -0.319 e. The van der Waals surface area contributed by atoms with E-state index in [0.717, 1.165) is 17.9 Å². The second-order valence-corrected chi connectivity index (χ2v) is 12.8. The molecule has 1 aliphatic heterocycles. The summed E-state index contributed by atoms with van der Waals surface area (Å²) in [5, 5.41) is 0. The summed E-state index contributed by atoms with van der Waals surface area (Å²) in [6.45, 7) is 7.62. The molecule has 0 bridgehead atoms. The summed E-state index contributed by atoms with van der Waals surface area (Å²) in [6, 6.07) is 50.5. The van der Waals surface area contributed by atoms with Crippen LogP contribution in [0, 0.1) is 0 Å². The van der Waals surface area contributed by atoms with E-state index in [4.69, 9.17) is 4.98 Å². The second kappa shape index (κ2) is 10.2. The lowest BCUT2D eigenvalue weighted by Gasteiger charge is -2.25. The highest BCUT2D eigenvalue weighted by Crippen LogP contribution is 2.55. The van der Waals surface area contributed by atoms with E-state index >= 15 is 0 Å². The molecule has 2 nitrogen and oxygen atoms in total. The molecule has 2 heteroatoms. The van der Waals surface area contributed by atoms with E-state index in [0.29, 0.717) is 0 Å². The SMILES string of the molecule is CC(C)(C)c1ccc2nc3n(c2c1)Cc1c(-c2ccccc2)c(-c2ccccc2)c(-c2ccccc2)c(-c2ccccc2)c1-3. The van der Waals surface area contributed by atoms with Gasteiger partial charge < -0.3 is 4.57 Å². The minimum absolute atomic E-state index is 0.0513. The van der Waals surface area contributed by atoms with Crippen molar-refractivity contribution in [2.75, 3.05) is 0 Å². The highest BCUT2D eigenvalue weighted by atomic mass is 15.1. The zero-order valence-electron chi connectivity index (χ0n) is 25.4. The highest BCUT2D eigenvalue weighted by Gasteiger charge is 2.34. The second-order valence-electron chi connectivity index (χ2n) is 12.8. The molecule has 0 saturated heterocycles. The average molecular weight is 567 g/mol. The maximum Gasteiger partial charge on any atom is 0.142 e. The van der Waals surface area contributed by atoms with E-state index in [1.165, 1.54) is 66.7 Å². The van der Waals surface area contributed by atoms with Crippen LogP contribution in [-0.4, -0.2) is 9.55 Å². The molecule has 2 heterocycles. The molecule has 0 unspecified atom stereocenters. The predicted octanol–water partition coefficient (Wildman–Crippen LogP) is 11.0. The number of hydrogen-bond donors (Lipinski definition) is 0. The summed E-state index contributed by atoms with van der Waals surface area (Å²) in [5.41, 5.74) is 16.1. The van der Waals surface area contributed by atoms with Gasteiger partial charge in [0.05, 0.1) is 17.6 Å². The van der Waals surface area contributed by atoms with Crippen LogP contribution in [0.25, 0.3) is 66.9 Å². The Kier molecular flexibility index (Phi) is 6.13. The van der Waals surface area contributed by atoms with Crippen molar-refractivity contribution in [2.24, 2.45) is 0 Å². The lowest BCUT2D eigenvalue weighted by Crippen LogP contribution is -2.11. The van der Waals surface area contributed by atoms with E-state index in [1.54, 1.807) is 0 Å². The third kappa shape index (κ3) is 4.21. The molecule has 0 aliphatic carbocycles. The van der Waals surface area contributed by atoms with Gasteiger partial charge in [-0.1, -0.05) is 148 Å². The highest BCUT2D eigenvalue weighted by molar-refractivity contribution is 6.10. The average Bonchev–Trinajstić information content (AvgIpc) is 3.61. The molecule has 0 spiro atoms. The molecular formula is C42H34N2. The first-order valence-electron chi connectivity index (χ1n) is 15.4. The van der Waals surface area contributed by atoms with Crippen LogP contribution in [0.15, 0.2) is 140 Å². The Bertz CT molecular complexity index is 2130. The summed E-state index contributed by atoms with van der Waals surface area (Å²) in [6.07, 6.45) is 0. The molecular weight excluding hydrogens is 532 g/mol. The summed E-state index contributed by atoms with van der Waals surface area (Å²) in [4.78, 5) is 5.38. The third-order valence-corrected chi connectivity index (χ3v) is 9.01. The van der Waals surface area contributed by atoms with Crippen molar-refractivity contribution in [1.82, 2.24) is 9.55 Å². The number of hydrogen-bond acceptors (Lipinski definition) is 1. The van der Waals surface area contributed by atoms with Gasteiger partial charge in [0.1, 0.15) is 5.82 Å². The van der Waals surface area contributed by atoms with Crippen molar-refractivity contribution >= 4 is 11.0 Å². The number of aromatic nitrogens is 2. The molecule has 0 amide bonds. The first-order chi connectivity index (χ1) is 21.5. The van der Waals surface area contributed by atoms with Gasteiger partial charge in [0, 0.05) is 11.1 Å². The van der Waals surface area contributed by atoms with Crippen molar-refractivity contribution < 1.29 is 0 Å². The van der Waals surface area contributed by atoms with Gasteiger partial charge in [-0.15, -0.1) is 0 Å². The number of nitrogens with zero attached hydrogens (tertiary/aromatic N) is 2. The summed E-state index contributed by atoms with van der Waals surface area (Å²) in [5.74, 6) is 1.05. The van der Waals surface area contributed by atoms with Crippen molar-refractivity contribution in [1.29, 1.82) is 0 Å². The number of fused-ring (bicyclic) bond motifs is 5. The molecule has 1 aliphatic rings. The fourth-order valence-corrected chi connectivity index (χ4v) is 6.91. The summed E-state index contributed by atoms with van der Waals surface area (Å²) in [7, 11) is 0. The Morgan fingerprint density at radius 1 is 0.500 bits per heavy atom. The first kappa shape index (κ1) is 26.4. The first-order valence-corrected chi connectivity index (χ1v) is 15.4. The molecule has 212 valence electrons. The van der Waals surface area contributed by atoms with E-state index in [1.807, 2.05) is 0 Å². The molecule has 7 aromatic rings. The van der Waals surface area contributed by atoms with Crippen LogP contribution < -0.4 is 0 Å². The summed E-state index contributed by atoms with van der Waals surface area (Å²) < 4.78 is 2.46. The van der Waals surface area contributed by atoms with E-state index in [2.05, 4.69) is 165 Å². The molecule has 0 N–H and O–H groups in total. The van der Waals surface area contributed by atoms with Crippen LogP contribution in [0.1, 0.15) is 31.9 Å². The van der Waals surface area contributed by atoms with Crippen LogP contribution in [0.5, 0.6) is 0 Å².